The molecule has 17 heavy (non-hydrogen) atoms. The highest BCUT2D eigenvalue weighted by molar-refractivity contribution is 8.00. The standard InChI is InChI=1S/C10H21NO4S2/c1-10(2,16-4)8-11-17(13,14)7-5-6-9(12)15-3/h11H,5-8H2,1-4H3. The molecule has 0 aliphatic carbocycles. The van der Waals surface area contributed by atoms with Crippen molar-refractivity contribution in [3.05, 3.63) is 0 Å². The lowest BCUT2D eigenvalue weighted by molar-refractivity contribution is -0.140. The molecule has 0 aromatic heterocycles. The van der Waals surface area contributed by atoms with Crippen LogP contribution in [0.1, 0.15) is 26.7 Å². The fourth-order valence-corrected chi connectivity index (χ4v) is 2.49. The average molecular weight is 283 g/mol. The molecule has 0 radical (unpaired) electrons. The van der Waals surface area contributed by atoms with Crippen LogP contribution in [0.15, 0.2) is 0 Å². The Kier molecular flexibility index (Phi) is 7.11. The summed E-state index contributed by atoms with van der Waals surface area (Å²) < 4.78 is 30.0. The molecule has 102 valence electrons. The number of nitrogens with one attached hydrogen (secondary N) is 1. The second kappa shape index (κ2) is 7.23. The molecule has 0 aromatic rings. The third kappa shape index (κ3) is 8.45. The van der Waals surface area contributed by atoms with Gasteiger partial charge < -0.3 is 4.74 Å². The fraction of sp³-hybridized carbons (Fsp3) is 0.900. The van der Waals surface area contributed by atoms with E-state index in [0.717, 1.165) is 0 Å². The maximum atomic E-state index is 11.6. The summed E-state index contributed by atoms with van der Waals surface area (Å²) in [6.07, 6.45) is 2.34. The van der Waals surface area contributed by atoms with Crippen LogP contribution in [-0.2, 0) is 19.6 Å². The third-order valence-electron chi connectivity index (χ3n) is 2.29. The topological polar surface area (TPSA) is 72.5 Å². The van der Waals surface area contributed by atoms with E-state index in [1.54, 1.807) is 11.8 Å². The normalized spacial score (nSPS) is 12.5. The number of methoxy groups -OCH3 is 1. The number of sulfonamides is 1. The summed E-state index contributed by atoms with van der Waals surface area (Å²) in [7, 11) is -2.01. The van der Waals surface area contributed by atoms with Gasteiger partial charge in [0.05, 0.1) is 12.9 Å². The van der Waals surface area contributed by atoms with Crippen LogP contribution in [0.2, 0.25) is 0 Å². The lowest BCUT2D eigenvalue weighted by Crippen LogP contribution is -2.37. The minimum atomic E-state index is -3.30. The zero-order valence-corrected chi connectivity index (χ0v) is 12.4. The van der Waals surface area contributed by atoms with E-state index in [1.165, 1.54) is 7.11 Å². The van der Waals surface area contributed by atoms with Gasteiger partial charge in [0.25, 0.3) is 0 Å². The van der Waals surface area contributed by atoms with Gasteiger partial charge in [-0.05, 0) is 26.5 Å². The van der Waals surface area contributed by atoms with Gasteiger partial charge in [0.2, 0.25) is 10.0 Å². The monoisotopic (exact) mass is 283 g/mol. The summed E-state index contributed by atoms with van der Waals surface area (Å²) in [4.78, 5) is 10.8. The maximum Gasteiger partial charge on any atom is 0.305 e. The highest BCUT2D eigenvalue weighted by atomic mass is 32.2. The summed E-state index contributed by atoms with van der Waals surface area (Å²) in [5, 5.41) is 0. The van der Waals surface area contributed by atoms with Crippen molar-refractivity contribution >= 4 is 27.8 Å². The molecular formula is C10H21NO4S2. The van der Waals surface area contributed by atoms with E-state index in [-0.39, 0.29) is 29.3 Å². The van der Waals surface area contributed by atoms with Gasteiger partial charge in [0.15, 0.2) is 0 Å². The number of carbonyl (C=O) groups excluding carboxylic acids is 1. The Labute approximate surface area is 108 Å². The fourth-order valence-electron chi connectivity index (χ4n) is 0.937. The quantitative estimate of drug-likeness (QED) is 0.673. The molecule has 0 aromatic carbocycles. The van der Waals surface area contributed by atoms with E-state index < -0.39 is 10.0 Å². The van der Waals surface area contributed by atoms with Crippen LogP contribution in [0.4, 0.5) is 0 Å². The second-order valence-corrected chi connectivity index (χ2v) is 7.72. The number of carbonyl (C=O) groups is 1. The largest absolute Gasteiger partial charge is 0.469 e. The second-order valence-electron chi connectivity index (χ2n) is 4.28. The zero-order valence-electron chi connectivity index (χ0n) is 10.8. The van der Waals surface area contributed by atoms with E-state index in [0.29, 0.717) is 6.54 Å². The van der Waals surface area contributed by atoms with Gasteiger partial charge in [0, 0.05) is 17.7 Å². The number of rotatable bonds is 8. The summed E-state index contributed by atoms with van der Waals surface area (Å²) >= 11 is 1.60. The van der Waals surface area contributed by atoms with Gasteiger partial charge in [-0.15, -0.1) is 0 Å². The maximum absolute atomic E-state index is 11.6. The number of hydrogen-bond acceptors (Lipinski definition) is 5. The highest BCUT2D eigenvalue weighted by Gasteiger charge is 2.19. The molecule has 0 amide bonds. The Morgan fingerprint density at radius 2 is 2.00 bits per heavy atom. The first kappa shape index (κ1) is 16.7. The first-order valence-corrected chi connectivity index (χ1v) is 8.19. The molecule has 0 spiro atoms. The summed E-state index contributed by atoms with van der Waals surface area (Å²) in [6, 6.07) is 0. The van der Waals surface area contributed by atoms with Crippen molar-refractivity contribution in [2.24, 2.45) is 0 Å². The number of esters is 1. The van der Waals surface area contributed by atoms with E-state index >= 15 is 0 Å². The van der Waals surface area contributed by atoms with E-state index in [9.17, 15) is 13.2 Å². The van der Waals surface area contributed by atoms with Crippen molar-refractivity contribution in [3.63, 3.8) is 0 Å². The van der Waals surface area contributed by atoms with Gasteiger partial charge in [-0.1, -0.05) is 0 Å². The molecule has 7 heteroatoms. The van der Waals surface area contributed by atoms with Crippen LogP contribution in [0.5, 0.6) is 0 Å². The van der Waals surface area contributed by atoms with Crippen LogP contribution >= 0.6 is 11.8 Å². The first-order valence-electron chi connectivity index (χ1n) is 5.32. The summed E-state index contributed by atoms with van der Waals surface area (Å²) in [5.74, 6) is -0.434. The van der Waals surface area contributed by atoms with Gasteiger partial charge in [-0.2, -0.15) is 11.8 Å². The Morgan fingerprint density at radius 1 is 1.41 bits per heavy atom. The number of hydrogen-bond donors (Lipinski definition) is 1. The first-order chi connectivity index (χ1) is 7.72. The van der Waals surface area contributed by atoms with Crippen molar-refractivity contribution < 1.29 is 17.9 Å². The SMILES string of the molecule is COC(=O)CCCS(=O)(=O)NCC(C)(C)SC. The van der Waals surface area contributed by atoms with Crippen molar-refractivity contribution in [1.82, 2.24) is 4.72 Å². The smallest absolute Gasteiger partial charge is 0.305 e. The molecule has 0 aliphatic heterocycles. The van der Waals surface area contributed by atoms with E-state index in [4.69, 9.17) is 0 Å². The lowest BCUT2D eigenvalue weighted by Gasteiger charge is -2.22. The van der Waals surface area contributed by atoms with Crippen molar-refractivity contribution in [3.8, 4) is 0 Å². The van der Waals surface area contributed by atoms with Gasteiger partial charge in [-0.3, -0.25) is 4.79 Å². The molecule has 0 fully saturated rings. The van der Waals surface area contributed by atoms with Crippen LogP contribution in [0.3, 0.4) is 0 Å². The van der Waals surface area contributed by atoms with Crippen LogP contribution in [-0.4, -0.2) is 44.8 Å². The van der Waals surface area contributed by atoms with Gasteiger partial charge in [0.1, 0.15) is 0 Å². The molecule has 1 N–H and O–H groups in total. The van der Waals surface area contributed by atoms with E-state index in [2.05, 4.69) is 9.46 Å². The molecule has 0 saturated heterocycles. The highest BCUT2D eigenvalue weighted by Crippen LogP contribution is 2.19. The molecule has 0 unspecified atom stereocenters. The van der Waals surface area contributed by atoms with Crippen LogP contribution in [0.25, 0.3) is 0 Å². The molecule has 5 nitrogen and oxygen atoms in total. The van der Waals surface area contributed by atoms with E-state index in [1.807, 2.05) is 20.1 Å². The van der Waals surface area contributed by atoms with Gasteiger partial charge in [-0.25, -0.2) is 13.1 Å². The Morgan fingerprint density at radius 3 is 2.47 bits per heavy atom. The lowest BCUT2D eigenvalue weighted by atomic mass is 10.2. The van der Waals surface area contributed by atoms with Crippen LogP contribution in [0, 0.1) is 0 Å². The molecule has 0 rings (SSSR count). The van der Waals surface area contributed by atoms with Crippen molar-refractivity contribution in [2.45, 2.75) is 31.4 Å². The zero-order chi connectivity index (χ0) is 13.5. The predicted molar refractivity (Wildman–Crippen MR) is 70.6 cm³/mol. The third-order valence-corrected chi connectivity index (χ3v) is 4.95. The Bertz CT molecular complexity index is 338. The van der Waals surface area contributed by atoms with Crippen LogP contribution < -0.4 is 4.72 Å². The van der Waals surface area contributed by atoms with Crippen molar-refractivity contribution in [1.29, 1.82) is 0 Å². The predicted octanol–water partition coefficient (Wildman–Crippen LogP) is 1.00. The molecule has 0 atom stereocenters. The molecular weight excluding hydrogens is 262 g/mol. The number of ether oxygens (including phenoxy) is 1. The minimum absolute atomic E-state index is 0.0490. The number of thioether (sulfide) groups is 1. The molecule has 0 heterocycles. The summed E-state index contributed by atoms with van der Waals surface area (Å²) in [6.45, 7) is 4.32. The minimum Gasteiger partial charge on any atom is -0.469 e. The Hall–Kier alpha value is -0.270. The Balaban J connectivity index is 4.01. The summed E-state index contributed by atoms with van der Waals surface area (Å²) in [5.41, 5.74) is 0. The molecule has 0 saturated carbocycles. The van der Waals surface area contributed by atoms with Crippen molar-refractivity contribution in [2.75, 3.05) is 25.7 Å². The molecule has 0 aliphatic rings. The average Bonchev–Trinajstić information content (AvgIpc) is 2.26. The molecule has 0 bridgehead atoms. The van der Waals surface area contributed by atoms with Gasteiger partial charge >= 0.3 is 5.97 Å².